The molecule has 0 heterocycles. The van der Waals surface area contributed by atoms with Crippen molar-refractivity contribution in [2.45, 2.75) is 26.7 Å². The van der Waals surface area contributed by atoms with Crippen LogP contribution in [0.15, 0.2) is 30.3 Å². The summed E-state index contributed by atoms with van der Waals surface area (Å²) in [6.45, 7) is 3.43. The zero-order chi connectivity index (χ0) is 22.7. The van der Waals surface area contributed by atoms with E-state index in [9.17, 15) is 29.4 Å². The average Bonchev–Trinajstić information content (AvgIpc) is 2.67. The fourth-order valence-electron chi connectivity index (χ4n) is 3.00. The smallest absolute Gasteiger partial charge is 0.416 e. The van der Waals surface area contributed by atoms with Crippen molar-refractivity contribution < 1.29 is 38.9 Å². The molecule has 166 valence electrons. The summed E-state index contributed by atoms with van der Waals surface area (Å²) in [5, 5.41) is 18.8. The molecule has 0 aliphatic heterocycles. The van der Waals surface area contributed by atoms with E-state index in [0.29, 0.717) is 6.42 Å². The first-order valence-corrected chi connectivity index (χ1v) is 9.65. The second-order valence-electron chi connectivity index (χ2n) is 7.22. The second kappa shape index (κ2) is 12.6. The summed E-state index contributed by atoms with van der Waals surface area (Å²) in [7, 11) is 1.43. The topological polar surface area (TPSA) is 130 Å². The maximum Gasteiger partial charge on any atom is 0.416 e. The van der Waals surface area contributed by atoms with E-state index in [1.54, 1.807) is 13.8 Å². The first-order chi connectivity index (χ1) is 14.2. The molecule has 30 heavy (non-hydrogen) atoms. The Kier molecular flexibility index (Phi) is 10.5. The molecule has 2 N–H and O–H groups in total. The number of rotatable bonds is 12. The van der Waals surface area contributed by atoms with Crippen LogP contribution in [0, 0.1) is 17.8 Å². The van der Waals surface area contributed by atoms with Gasteiger partial charge in [-0.1, -0.05) is 44.2 Å². The first kappa shape index (κ1) is 25.1. The standard InChI is InChI=1S/C21H29NO8/c1-14(2)13-16(17(19(24)25)20(26)27)18(23)22(21(28)30-12-11-29-3)10-9-15-7-5-4-6-8-15/h4-8,14,16-17H,9-13H2,1-3H3,(H,24,25)(H,26,27). The van der Waals surface area contributed by atoms with Gasteiger partial charge in [-0.25, -0.2) is 9.69 Å². The summed E-state index contributed by atoms with van der Waals surface area (Å²) in [6.07, 6.45) is -0.656. The number of benzene rings is 1. The van der Waals surface area contributed by atoms with E-state index in [1.165, 1.54) is 7.11 Å². The molecular formula is C21H29NO8. The Morgan fingerprint density at radius 2 is 1.60 bits per heavy atom. The molecule has 9 heteroatoms. The summed E-state index contributed by atoms with van der Waals surface area (Å²) >= 11 is 0. The van der Waals surface area contributed by atoms with Crippen molar-refractivity contribution in [3.8, 4) is 0 Å². The third-order valence-corrected chi connectivity index (χ3v) is 4.44. The number of carboxylic acid groups (broad SMARTS) is 2. The average molecular weight is 423 g/mol. The van der Waals surface area contributed by atoms with E-state index in [-0.39, 0.29) is 32.1 Å². The van der Waals surface area contributed by atoms with Crippen LogP contribution in [-0.4, -0.2) is 65.9 Å². The van der Waals surface area contributed by atoms with Gasteiger partial charge in [0.25, 0.3) is 0 Å². The Balaban J connectivity index is 3.16. The number of carbonyl (C=O) groups excluding carboxylic acids is 2. The molecule has 0 fully saturated rings. The van der Waals surface area contributed by atoms with Crippen molar-refractivity contribution in [2.75, 3.05) is 26.9 Å². The summed E-state index contributed by atoms with van der Waals surface area (Å²) in [5.74, 6) is -7.68. The van der Waals surface area contributed by atoms with Gasteiger partial charge < -0.3 is 19.7 Å². The normalized spacial score (nSPS) is 11.9. The molecule has 0 aliphatic rings. The molecule has 2 amide bonds. The minimum Gasteiger partial charge on any atom is -0.481 e. The van der Waals surface area contributed by atoms with Gasteiger partial charge in [0, 0.05) is 13.7 Å². The number of ether oxygens (including phenoxy) is 2. The fraction of sp³-hybridized carbons (Fsp3) is 0.524. The van der Waals surface area contributed by atoms with Crippen LogP contribution < -0.4 is 0 Å². The third-order valence-electron chi connectivity index (χ3n) is 4.44. The summed E-state index contributed by atoms with van der Waals surface area (Å²) in [4.78, 5) is 49.7. The summed E-state index contributed by atoms with van der Waals surface area (Å²) in [6, 6.07) is 9.09. The van der Waals surface area contributed by atoms with Crippen LogP contribution in [0.5, 0.6) is 0 Å². The van der Waals surface area contributed by atoms with Gasteiger partial charge in [-0.15, -0.1) is 0 Å². The van der Waals surface area contributed by atoms with Crippen molar-refractivity contribution in [1.29, 1.82) is 0 Å². The zero-order valence-corrected chi connectivity index (χ0v) is 17.4. The molecule has 0 aromatic heterocycles. The molecule has 0 saturated carbocycles. The van der Waals surface area contributed by atoms with Gasteiger partial charge in [0.15, 0.2) is 5.92 Å². The Morgan fingerprint density at radius 3 is 2.10 bits per heavy atom. The molecule has 9 nitrogen and oxygen atoms in total. The lowest BCUT2D eigenvalue weighted by Gasteiger charge is -2.28. The lowest BCUT2D eigenvalue weighted by molar-refractivity contribution is -0.162. The highest BCUT2D eigenvalue weighted by molar-refractivity contribution is 6.01. The number of hydrogen-bond donors (Lipinski definition) is 2. The van der Waals surface area contributed by atoms with Crippen LogP contribution in [0.3, 0.4) is 0 Å². The van der Waals surface area contributed by atoms with Gasteiger partial charge in [-0.05, 0) is 24.3 Å². The molecule has 1 unspecified atom stereocenters. The van der Waals surface area contributed by atoms with Crippen molar-refractivity contribution in [3.63, 3.8) is 0 Å². The minimum atomic E-state index is -1.97. The van der Waals surface area contributed by atoms with Crippen molar-refractivity contribution in [1.82, 2.24) is 4.90 Å². The highest BCUT2D eigenvalue weighted by Gasteiger charge is 2.43. The minimum absolute atomic E-state index is 0.00467. The largest absolute Gasteiger partial charge is 0.481 e. The van der Waals surface area contributed by atoms with Gasteiger partial charge >= 0.3 is 18.0 Å². The second-order valence-corrected chi connectivity index (χ2v) is 7.22. The van der Waals surface area contributed by atoms with Crippen LogP contribution >= 0.6 is 0 Å². The predicted octanol–water partition coefficient (Wildman–Crippen LogP) is 2.29. The Labute approximate surface area is 175 Å². The molecule has 1 aromatic rings. The molecule has 1 atom stereocenters. The van der Waals surface area contributed by atoms with E-state index < -0.39 is 35.8 Å². The van der Waals surface area contributed by atoms with Crippen molar-refractivity contribution >= 4 is 23.9 Å². The SMILES string of the molecule is COCCOC(=O)N(CCc1ccccc1)C(=O)C(CC(C)C)C(C(=O)O)C(=O)O. The third kappa shape index (κ3) is 7.82. The number of methoxy groups -OCH3 is 1. The van der Waals surface area contributed by atoms with Gasteiger partial charge in [-0.2, -0.15) is 0 Å². The van der Waals surface area contributed by atoms with Gasteiger partial charge in [0.2, 0.25) is 5.91 Å². The van der Waals surface area contributed by atoms with Gasteiger partial charge in [0.05, 0.1) is 12.5 Å². The number of hydrogen-bond acceptors (Lipinski definition) is 6. The lowest BCUT2D eigenvalue weighted by Crippen LogP contribution is -2.47. The van der Waals surface area contributed by atoms with E-state index >= 15 is 0 Å². The number of aliphatic carboxylic acids is 2. The number of amides is 2. The lowest BCUT2D eigenvalue weighted by atomic mass is 9.84. The number of carboxylic acids is 2. The van der Waals surface area contributed by atoms with E-state index in [2.05, 4.69) is 0 Å². The van der Waals surface area contributed by atoms with Crippen LogP contribution in [0.4, 0.5) is 4.79 Å². The molecule has 0 radical (unpaired) electrons. The number of imide groups is 1. The number of carbonyl (C=O) groups is 4. The summed E-state index contributed by atoms with van der Waals surface area (Å²) < 4.78 is 9.88. The molecule has 1 aromatic carbocycles. The molecule has 0 bridgehead atoms. The van der Waals surface area contributed by atoms with Crippen LogP contribution in [0.1, 0.15) is 25.8 Å². The molecule has 1 rings (SSSR count). The van der Waals surface area contributed by atoms with E-state index in [1.807, 2.05) is 30.3 Å². The van der Waals surface area contributed by atoms with Gasteiger partial charge in [-0.3, -0.25) is 14.4 Å². The van der Waals surface area contributed by atoms with Crippen molar-refractivity contribution in [2.24, 2.45) is 17.8 Å². The number of nitrogens with zero attached hydrogens (tertiary/aromatic N) is 1. The van der Waals surface area contributed by atoms with Crippen LogP contribution in [0.25, 0.3) is 0 Å². The Hall–Kier alpha value is -2.94. The predicted molar refractivity (Wildman–Crippen MR) is 107 cm³/mol. The van der Waals surface area contributed by atoms with Gasteiger partial charge in [0.1, 0.15) is 6.61 Å². The van der Waals surface area contributed by atoms with Crippen LogP contribution in [-0.2, 0) is 30.3 Å². The monoisotopic (exact) mass is 423 g/mol. The summed E-state index contributed by atoms with van der Waals surface area (Å²) in [5.41, 5.74) is 0.855. The molecule has 0 spiro atoms. The maximum atomic E-state index is 13.2. The quantitative estimate of drug-likeness (QED) is 0.387. The molecule has 0 saturated heterocycles. The van der Waals surface area contributed by atoms with E-state index in [0.717, 1.165) is 10.5 Å². The van der Waals surface area contributed by atoms with Crippen molar-refractivity contribution in [3.05, 3.63) is 35.9 Å². The Bertz CT molecular complexity index is 705. The maximum absolute atomic E-state index is 13.2. The van der Waals surface area contributed by atoms with Crippen LogP contribution in [0.2, 0.25) is 0 Å². The first-order valence-electron chi connectivity index (χ1n) is 9.65. The highest BCUT2D eigenvalue weighted by atomic mass is 16.6. The highest BCUT2D eigenvalue weighted by Crippen LogP contribution is 2.25. The molecule has 0 aliphatic carbocycles. The fourth-order valence-corrected chi connectivity index (χ4v) is 3.00. The zero-order valence-electron chi connectivity index (χ0n) is 17.4. The van der Waals surface area contributed by atoms with E-state index in [4.69, 9.17) is 9.47 Å². The molecular weight excluding hydrogens is 394 g/mol. The Morgan fingerprint density at radius 1 is 1.00 bits per heavy atom.